The minimum Gasteiger partial charge on any atom is -0.477 e. The number of halogens is 2. The van der Waals surface area contributed by atoms with Gasteiger partial charge >= 0.3 is 5.97 Å². The Morgan fingerprint density at radius 1 is 1.09 bits per heavy atom. The molecular formula is C21H24Cl2N6O3. The number of aromatic carboxylic acids is 1. The maximum absolute atomic E-state index is 12.6. The lowest BCUT2D eigenvalue weighted by Crippen LogP contribution is -2.36. The third-order valence-electron chi connectivity index (χ3n) is 6.66. The van der Waals surface area contributed by atoms with E-state index in [-0.39, 0.29) is 40.2 Å². The first-order chi connectivity index (χ1) is 15.3. The number of nitrogens with one attached hydrogen (secondary N) is 2. The number of anilines is 2. The summed E-state index contributed by atoms with van der Waals surface area (Å²) in [6, 6.07) is 1.59. The van der Waals surface area contributed by atoms with E-state index in [1.807, 2.05) is 0 Å². The topological polar surface area (TPSA) is 114 Å². The summed E-state index contributed by atoms with van der Waals surface area (Å²) in [4.78, 5) is 40.3. The molecule has 1 amide bonds. The smallest absolute Gasteiger partial charge is 0.354 e. The van der Waals surface area contributed by atoms with Crippen molar-refractivity contribution in [3.05, 3.63) is 33.2 Å². The molecule has 1 unspecified atom stereocenters. The zero-order valence-corrected chi connectivity index (χ0v) is 19.1. The molecule has 1 saturated carbocycles. The number of carbonyl (C=O) groups excluding carboxylic acids is 1. The highest BCUT2D eigenvalue weighted by Gasteiger charge is 2.57. The average molecular weight is 479 g/mol. The van der Waals surface area contributed by atoms with Gasteiger partial charge in [0, 0.05) is 55.8 Å². The van der Waals surface area contributed by atoms with Crippen LogP contribution in [0, 0.1) is 18.8 Å². The normalized spacial score (nSPS) is 24.4. The fourth-order valence-corrected chi connectivity index (χ4v) is 5.22. The Bertz CT molecular complexity index is 1070. The number of piperidine rings is 2. The van der Waals surface area contributed by atoms with Gasteiger partial charge in [-0.25, -0.2) is 9.78 Å². The number of H-pyrrole nitrogens is 1. The molecule has 4 heterocycles. The van der Waals surface area contributed by atoms with Gasteiger partial charge in [-0.1, -0.05) is 23.2 Å². The van der Waals surface area contributed by atoms with Gasteiger partial charge in [-0.2, -0.15) is 4.98 Å². The van der Waals surface area contributed by atoms with Crippen molar-refractivity contribution in [1.82, 2.24) is 20.3 Å². The molecule has 3 N–H and O–H groups in total. The fourth-order valence-electron chi connectivity index (χ4n) is 4.81. The quantitative estimate of drug-likeness (QED) is 0.604. The first kappa shape index (κ1) is 21.3. The number of nitrogens with zero attached hydrogens (tertiary/aromatic N) is 4. The molecule has 0 radical (unpaired) electrons. The Labute approximate surface area is 195 Å². The van der Waals surface area contributed by atoms with Crippen LogP contribution in [-0.2, 0) is 0 Å². The van der Waals surface area contributed by atoms with Gasteiger partial charge < -0.3 is 25.2 Å². The Kier molecular flexibility index (Phi) is 5.41. The highest BCUT2D eigenvalue weighted by Crippen LogP contribution is 2.47. The maximum Gasteiger partial charge on any atom is 0.354 e. The van der Waals surface area contributed by atoms with Crippen molar-refractivity contribution in [2.45, 2.75) is 32.2 Å². The van der Waals surface area contributed by atoms with Gasteiger partial charge in [-0.15, -0.1) is 0 Å². The van der Waals surface area contributed by atoms with Gasteiger partial charge in [-0.3, -0.25) is 4.79 Å². The van der Waals surface area contributed by atoms with Gasteiger partial charge in [0.05, 0.1) is 10.0 Å². The van der Waals surface area contributed by atoms with Crippen molar-refractivity contribution >= 4 is 46.8 Å². The van der Waals surface area contributed by atoms with Crippen molar-refractivity contribution in [1.29, 1.82) is 0 Å². The van der Waals surface area contributed by atoms with Crippen LogP contribution in [0.3, 0.4) is 0 Å². The summed E-state index contributed by atoms with van der Waals surface area (Å²) in [7, 11) is 0. The molecule has 2 aromatic rings. The maximum atomic E-state index is 12.6. The third kappa shape index (κ3) is 3.77. The van der Waals surface area contributed by atoms with Crippen LogP contribution in [0.4, 0.5) is 11.8 Å². The number of aryl methyl sites for hydroxylation is 1. The molecule has 0 spiro atoms. The number of fused-ring (bicyclic) bond motifs is 1. The Morgan fingerprint density at radius 3 is 2.38 bits per heavy atom. The molecule has 3 fully saturated rings. The van der Waals surface area contributed by atoms with E-state index in [2.05, 4.69) is 30.1 Å². The second kappa shape index (κ2) is 8.12. The molecule has 11 heteroatoms. The molecule has 2 aliphatic heterocycles. The van der Waals surface area contributed by atoms with Crippen LogP contribution in [-0.4, -0.2) is 64.2 Å². The molecule has 9 nitrogen and oxygen atoms in total. The van der Waals surface area contributed by atoms with Crippen molar-refractivity contribution < 1.29 is 14.7 Å². The van der Waals surface area contributed by atoms with E-state index in [1.165, 1.54) is 12.5 Å². The standard InChI is InChI=1S/C21H24Cl2N6O3/c1-10-15(22)16(23)18(24-10)19(30)27-17-11-8-29(9-12(11)17)14-7-13(20(31)32)25-21(26-14)28-5-3-2-4-6-28/h7,11-12,17,24H,2-6,8-9H2,1H3,(H,27,30)(H,31,32)/t11-,12+,17?. The van der Waals surface area contributed by atoms with Crippen LogP contribution >= 0.6 is 23.2 Å². The van der Waals surface area contributed by atoms with E-state index in [4.69, 9.17) is 23.2 Å². The Morgan fingerprint density at radius 2 is 1.78 bits per heavy atom. The number of rotatable bonds is 5. The molecule has 3 atom stereocenters. The highest BCUT2D eigenvalue weighted by molar-refractivity contribution is 6.44. The molecule has 0 bridgehead atoms. The lowest BCUT2D eigenvalue weighted by molar-refractivity contribution is 0.0690. The van der Waals surface area contributed by atoms with E-state index in [9.17, 15) is 14.7 Å². The highest BCUT2D eigenvalue weighted by atomic mass is 35.5. The molecule has 2 aromatic heterocycles. The van der Waals surface area contributed by atoms with E-state index in [0.717, 1.165) is 25.9 Å². The van der Waals surface area contributed by atoms with Crippen LogP contribution in [0.2, 0.25) is 10.0 Å². The summed E-state index contributed by atoms with van der Waals surface area (Å²) in [5.41, 5.74) is 0.949. The molecule has 3 aliphatic rings. The van der Waals surface area contributed by atoms with Crippen LogP contribution in [0.5, 0.6) is 0 Å². The van der Waals surface area contributed by atoms with Crippen molar-refractivity contribution in [2.75, 3.05) is 36.0 Å². The third-order valence-corrected chi connectivity index (χ3v) is 7.60. The van der Waals surface area contributed by atoms with Crippen LogP contribution in [0.1, 0.15) is 45.9 Å². The SMILES string of the molecule is Cc1[nH]c(C(=O)NC2[C@H]3CN(c4cc(C(=O)O)nc(N5CCCCC5)n4)C[C@@H]23)c(Cl)c1Cl. The Balaban J connectivity index is 1.27. The molecule has 0 aromatic carbocycles. The largest absolute Gasteiger partial charge is 0.477 e. The number of carboxylic acids is 1. The molecular weight excluding hydrogens is 455 g/mol. The summed E-state index contributed by atoms with van der Waals surface area (Å²) in [6.07, 6.45) is 3.28. The predicted octanol–water partition coefficient (Wildman–Crippen LogP) is 2.97. The van der Waals surface area contributed by atoms with Crippen LogP contribution in [0.25, 0.3) is 0 Å². The van der Waals surface area contributed by atoms with Crippen LogP contribution < -0.4 is 15.1 Å². The molecule has 2 saturated heterocycles. The first-order valence-electron chi connectivity index (χ1n) is 10.8. The minimum atomic E-state index is -1.06. The average Bonchev–Trinajstić information content (AvgIpc) is 3.11. The van der Waals surface area contributed by atoms with Gasteiger partial charge in [0.2, 0.25) is 5.95 Å². The van der Waals surface area contributed by atoms with Crippen molar-refractivity contribution in [3.8, 4) is 0 Å². The number of carboxylic acid groups (broad SMARTS) is 1. The lowest BCUT2D eigenvalue weighted by atomic mass is 10.1. The summed E-state index contributed by atoms with van der Waals surface area (Å²) >= 11 is 12.2. The zero-order valence-electron chi connectivity index (χ0n) is 17.6. The van der Waals surface area contributed by atoms with E-state index < -0.39 is 5.97 Å². The predicted molar refractivity (Wildman–Crippen MR) is 121 cm³/mol. The lowest BCUT2D eigenvalue weighted by Gasteiger charge is -2.28. The first-order valence-corrected chi connectivity index (χ1v) is 11.6. The zero-order chi connectivity index (χ0) is 22.6. The summed E-state index contributed by atoms with van der Waals surface area (Å²) < 4.78 is 0. The van der Waals surface area contributed by atoms with Crippen molar-refractivity contribution in [2.24, 2.45) is 11.8 Å². The molecule has 32 heavy (non-hydrogen) atoms. The van der Waals surface area contributed by atoms with Gasteiger partial charge in [-0.05, 0) is 26.2 Å². The Hall–Kier alpha value is -2.52. The molecule has 170 valence electrons. The van der Waals surface area contributed by atoms with Crippen molar-refractivity contribution in [3.63, 3.8) is 0 Å². The monoisotopic (exact) mass is 478 g/mol. The molecule has 5 rings (SSSR count). The molecule has 1 aliphatic carbocycles. The fraction of sp³-hybridized carbons (Fsp3) is 0.524. The summed E-state index contributed by atoms with van der Waals surface area (Å²) in [6.45, 7) is 4.84. The number of amides is 1. The van der Waals surface area contributed by atoms with E-state index in [0.29, 0.717) is 35.6 Å². The van der Waals surface area contributed by atoms with Gasteiger partial charge in [0.15, 0.2) is 5.69 Å². The number of aromatic nitrogens is 3. The number of hydrogen-bond acceptors (Lipinski definition) is 6. The van der Waals surface area contributed by atoms with Gasteiger partial charge in [0.1, 0.15) is 11.5 Å². The van der Waals surface area contributed by atoms with Gasteiger partial charge in [0.25, 0.3) is 5.91 Å². The minimum absolute atomic E-state index is 0.00892. The number of carbonyl (C=O) groups is 2. The number of hydrogen-bond donors (Lipinski definition) is 3. The second-order valence-corrected chi connectivity index (χ2v) is 9.51. The van der Waals surface area contributed by atoms with E-state index >= 15 is 0 Å². The number of aromatic amines is 1. The summed E-state index contributed by atoms with van der Waals surface area (Å²) in [5, 5.41) is 13.2. The second-order valence-electron chi connectivity index (χ2n) is 8.75. The van der Waals surface area contributed by atoms with E-state index in [1.54, 1.807) is 6.92 Å². The summed E-state index contributed by atoms with van der Waals surface area (Å²) in [5.74, 6) is 0.359. The van der Waals surface area contributed by atoms with Crippen LogP contribution in [0.15, 0.2) is 6.07 Å².